The van der Waals surface area contributed by atoms with Gasteiger partial charge in [0.05, 0.1) is 18.3 Å². The van der Waals surface area contributed by atoms with Crippen molar-refractivity contribution in [3.05, 3.63) is 41.3 Å². The van der Waals surface area contributed by atoms with Crippen molar-refractivity contribution in [3.63, 3.8) is 0 Å². The molecule has 0 spiro atoms. The second kappa shape index (κ2) is 4.83. The summed E-state index contributed by atoms with van der Waals surface area (Å²) < 4.78 is 1.64. The summed E-state index contributed by atoms with van der Waals surface area (Å²) in [5.41, 5.74) is 2.43. The van der Waals surface area contributed by atoms with Gasteiger partial charge in [0, 0.05) is 25.5 Å². The fourth-order valence-corrected chi connectivity index (χ4v) is 3.23. The summed E-state index contributed by atoms with van der Waals surface area (Å²) in [5, 5.41) is 13.0. The maximum atomic E-state index is 10.9. The maximum Gasteiger partial charge on any atom is 0.338 e. The van der Waals surface area contributed by atoms with Gasteiger partial charge in [0.1, 0.15) is 5.82 Å². The second-order valence-electron chi connectivity index (χ2n) is 6.36. The average Bonchev–Trinajstić information content (AvgIpc) is 2.89. The summed E-state index contributed by atoms with van der Waals surface area (Å²) in [6.07, 6.45) is 6.19. The number of rotatable bonds is 4. The predicted octanol–water partition coefficient (Wildman–Crippen LogP) is 1.79. The lowest BCUT2D eigenvalue weighted by molar-refractivity contribution is 0.0697. The molecule has 1 aliphatic carbocycles. The molecule has 0 bridgehead atoms. The SMILES string of the molecule is Cc1cc(N2CC3CC3C2)ncc1Cn1cc(C(=O)O)cn1. The van der Waals surface area contributed by atoms with E-state index in [-0.39, 0.29) is 5.56 Å². The molecule has 2 aromatic rings. The number of hydrogen-bond donors (Lipinski definition) is 1. The summed E-state index contributed by atoms with van der Waals surface area (Å²) in [5.74, 6) is 1.88. The van der Waals surface area contributed by atoms with E-state index in [2.05, 4.69) is 28.0 Å². The Kier molecular flexibility index (Phi) is 2.92. The molecule has 2 aromatic heterocycles. The third-order valence-electron chi connectivity index (χ3n) is 4.72. The van der Waals surface area contributed by atoms with Gasteiger partial charge in [-0.25, -0.2) is 9.78 Å². The van der Waals surface area contributed by atoms with Crippen molar-refractivity contribution < 1.29 is 9.90 Å². The number of aryl methyl sites for hydroxylation is 1. The molecule has 4 rings (SSSR count). The number of pyridine rings is 1. The number of hydrogen-bond acceptors (Lipinski definition) is 4. The molecule has 0 radical (unpaired) electrons. The number of piperidine rings is 1. The third-order valence-corrected chi connectivity index (χ3v) is 4.72. The van der Waals surface area contributed by atoms with E-state index in [4.69, 9.17) is 5.11 Å². The van der Waals surface area contributed by atoms with Gasteiger partial charge in [-0.3, -0.25) is 4.68 Å². The lowest BCUT2D eigenvalue weighted by atomic mass is 10.1. The molecular weight excluding hydrogens is 280 g/mol. The maximum absolute atomic E-state index is 10.9. The molecule has 2 unspecified atom stereocenters. The Morgan fingerprint density at radius 2 is 2.14 bits per heavy atom. The number of aromatic carboxylic acids is 1. The van der Waals surface area contributed by atoms with Gasteiger partial charge in [-0.05, 0) is 42.4 Å². The Morgan fingerprint density at radius 3 is 2.77 bits per heavy atom. The minimum absolute atomic E-state index is 0.207. The molecule has 22 heavy (non-hydrogen) atoms. The Hall–Kier alpha value is -2.37. The largest absolute Gasteiger partial charge is 0.478 e. The third kappa shape index (κ3) is 2.34. The molecule has 1 saturated carbocycles. The lowest BCUT2D eigenvalue weighted by Gasteiger charge is -2.20. The number of fused-ring (bicyclic) bond motifs is 1. The first-order valence-corrected chi connectivity index (χ1v) is 7.56. The van der Waals surface area contributed by atoms with Crippen LogP contribution in [0.25, 0.3) is 0 Å². The van der Waals surface area contributed by atoms with E-state index in [1.165, 1.54) is 12.6 Å². The molecule has 0 aromatic carbocycles. The molecule has 6 nitrogen and oxygen atoms in total. The van der Waals surface area contributed by atoms with Crippen LogP contribution in [0.2, 0.25) is 0 Å². The molecule has 1 N–H and O–H groups in total. The highest BCUT2D eigenvalue weighted by Gasteiger charge is 2.45. The summed E-state index contributed by atoms with van der Waals surface area (Å²) in [4.78, 5) is 17.8. The monoisotopic (exact) mass is 298 g/mol. The Balaban J connectivity index is 1.50. The predicted molar refractivity (Wildman–Crippen MR) is 81.1 cm³/mol. The van der Waals surface area contributed by atoms with E-state index in [9.17, 15) is 4.79 Å². The van der Waals surface area contributed by atoms with E-state index in [0.29, 0.717) is 6.54 Å². The van der Waals surface area contributed by atoms with Gasteiger partial charge in [-0.1, -0.05) is 0 Å². The van der Waals surface area contributed by atoms with E-state index < -0.39 is 5.97 Å². The molecule has 1 aliphatic heterocycles. The van der Waals surface area contributed by atoms with E-state index in [1.807, 2.05) is 6.20 Å². The van der Waals surface area contributed by atoms with Crippen molar-refractivity contribution in [2.45, 2.75) is 19.9 Å². The number of carboxylic acids is 1. The van der Waals surface area contributed by atoms with Crippen LogP contribution in [0, 0.1) is 18.8 Å². The van der Waals surface area contributed by atoms with Crippen molar-refractivity contribution in [2.24, 2.45) is 11.8 Å². The highest BCUT2D eigenvalue weighted by Crippen LogP contribution is 2.45. The average molecular weight is 298 g/mol. The number of carbonyl (C=O) groups is 1. The fraction of sp³-hybridized carbons (Fsp3) is 0.438. The van der Waals surface area contributed by atoms with Crippen molar-refractivity contribution >= 4 is 11.8 Å². The van der Waals surface area contributed by atoms with Crippen LogP contribution in [0.5, 0.6) is 0 Å². The summed E-state index contributed by atoms with van der Waals surface area (Å²) in [6.45, 7) is 4.88. The Morgan fingerprint density at radius 1 is 1.36 bits per heavy atom. The van der Waals surface area contributed by atoms with Gasteiger partial charge >= 0.3 is 5.97 Å². The standard InChI is InChI=1S/C16H18N4O2/c1-10-2-15(19-6-11-3-12(11)7-19)17-4-13(10)8-20-9-14(5-18-20)16(21)22/h2,4-5,9,11-12H,3,6-8H2,1H3,(H,21,22). The molecule has 2 fully saturated rings. The first-order chi connectivity index (χ1) is 10.6. The highest BCUT2D eigenvalue weighted by atomic mass is 16.4. The van der Waals surface area contributed by atoms with E-state index in [1.54, 1.807) is 10.9 Å². The van der Waals surface area contributed by atoms with Crippen LogP contribution in [0.3, 0.4) is 0 Å². The van der Waals surface area contributed by atoms with Crippen molar-refractivity contribution in [3.8, 4) is 0 Å². The summed E-state index contributed by atoms with van der Waals surface area (Å²) in [7, 11) is 0. The molecule has 3 heterocycles. The molecule has 0 amide bonds. The topological polar surface area (TPSA) is 71.2 Å². The number of aromatic nitrogens is 3. The molecule has 1 saturated heterocycles. The number of carboxylic acid groups (broad SMARTS) is 1. The molecule has 2 aliphatic rings. The molecule has 2 atom stereocenters. The van der Waals surface area contributed by atoms with Crippen LogP contribution in [0.4, 0.5) is 5.82 Å². The smallest absolute Gasteiger partial charge is 0.338 e. The van der Waals surface area contributed by atoms with Crippen LogP contribution in [0.15, 0.2) is 24.7 Å². The minimum Gasteiger partial charge on any atom is -0.478 e. The van der Waals surface area contributed by atoms with Gasteiger partial charge in [0.2, 0.25) is 0 Å². The minimum atomic E-state index is -0.955. The van der Waals surface area contributed by atoms with Crippen molar-refractivity contribution in [1.29, 1.82) is 0 Å². The zero-order chi connectivity index (χ0) is 15.3. The zero-order valence-corrected chi connectivity index (χ0v) is 12.4. The van der Waals surface area contributed by atoms with Gasteiger partial charge in [0.15, 0.2) is 0 Å². The first-order valence-electron chi connectivity index (χ1n) is 7.56. The van der Waals surface area contributed by atoms with Gasteiger partial charge in [-0.15, -0.1) is 0 Å². The van der Waals surface area contributed by atoms with Gasteiger partial charge < -0.3 is 10.0 Å². The summed E-state index contributed by atoms with van der Waals surface area (Å²) >= 11 is 0. The number of nitrogens with zero attached hydrogens (tertiary/aromatic N) is 4. The van der Waals surface area contributed by atoms with E-state index in [0.717, 1.165) is 41.9 Å². The highest BCUT2D eigenvalue weighted by molar-refractivity contribution is 5.86. The van der Waals surface area contributed by atoms with Crippen molar-refractivity contribution in [1.82, 2.24) is 14.8 Å². The quantitative estimate of drug-likeness (QED) is 0.931. The molecule has 114 valence electrons. The zero-order valence-electron chi connectivity index (χ0n) is 12.4. The van der Waals surface area contributed by atoms with Crippen LogP contribution < -0.4 is 4.90 Å². The fourth-order valence-electron chi connectivity index (χ4n) is 3.23. The molecular formula is C16H18N4O2. The van der Waals surface area contributed by atoms with Gasteiger partial charge in [-0.2, -0.15) is 5.10 Å². The van der Waals surface area contributed by atoms with Crippen LogP contribution in [-0.2, 0) is 6.54 Å². The van der Waals surface area contributed by atoms with Crippen LogP contribution >= 0.6 is 0 Å². The lowest BCUT2D eigenvalue weighted by Crippen LogP contribution is -2.23. The second-order valence-corrected chi connectivity index (χ2v) is 6.36. The normalized spacial score (nSPS) is 22.7. The first kappa shape index (κ1) is 13.3. The van der Waals surface area contributed by atoms with E-state index >= 15 is 0 Å². The Bertz CT molecular complexity index is 729. The summed E-state index contributed by atoms with van der Waals surface area (Å²) in [6, 6.07) is 2.13. The Labute approximate surface area is 128 Å². The number of anilines is 1. The van der Waals surface area contributed by atoms with Crippen LogP contribution in [-0.4, -0.2) is 38.9 Å². The van der Waals surface area contributed by atoms with Crippen LogP contribution in [0.1, 0.15) is 27.9 Å². The van der Waals surface area contributed by atoms with Crippen molar-refractivity contribution in [2.75, 3.05) is 18.0 Å². The van der Waals surface area contributed by atoms with Gasteiger partial charge in [0.25, 0.3) is 0 Å². The molecule has 6 heteroatoms.